The average Bonchev–Trinajstić information content (AvgIpc) is 0.951. The molecule has 10 atom stereocenters. The van der Waals surface area contributed by atoms with E-state index < -0.39 is 173 Å². The van der Waals surface area contributed by atoms with Gasteiger partial charge in [0.1, 0.15) is 71.3 Å². The maximum Gasteiger partial charge on any atom is 0.407 e. The number of carbonyl (C=O) groups excluding carboxylic acids is 11. The van der Waals surface area contributed by atoms with E-state index in [0.29, 0.717) is 50.8 Å². The Kier molecular flexibility index (Phi) is 60.3. The number of hydrogen-bond donors (Lipinski definition) is 29. The molecule has 11 amide bonds. The number of carboxylic acid groups (broad SMARTS) is 1. The number of carboxylic acids is 1. The molecule has 44 N–H and O–H groups in total. The predicted molar refractivity (Wildman–Crippen MR) is 468 cm³/mol. The number of ether oxygens (including phenoxy) is 9. The number of guanidine groups is 6. The second kappa shape index (κ2) is 68.7. The third kappa shape index (κ3) is 63.3. The molecule has 0 aliphatic carbocycles. The Morgan fingerprint density at radius 3 is 0.898 bits per heavy atom. The minimum atomic E-state index is -1.38. The molecule has 0 aliphatic heterocycles. The van der Waals surface area contributed by atoms with Crippen molar-refractivity contribution in [3.63, 3.8) is 0 Å². The summed E-state index contributed by atoms with van der Waals surface area (Å²) in [5.74, 6) is -4.00. The van der Waals surface area contributed by atoms with E-state index >= 15 is 0 Å². The van der Waals surface area contributed by atoms with Crippen LogP contribution in [0.3, 0.4) is 0 Å². The molecule has 1 rings (SSSR count). The second-order valence-corrected chi connectivity index (χ2v) is 28.8. The van der Waals surface area contributed by atoms with Gasteiger partial charge < -0.3 is 197 Å². The summed E-state index contributed by atoms with van der Waals surface area (Å²) < 4.78 is 49.2. The Morgan fingerprint density at radius 1 is 0.344 bits per heavy atom. The Hall–Kier alpha value is -13.6. The maximum absolute atomic E-state index is 13.6. The van der Waals surface area contributed by atoms with Gasteiger partial charge in [0.25, 0.3) is 0 Å². The number of rotatable bonds is 67. The number of nitrogens with two attached hydrogens (primary N) is 15. The molecule has 55 nitrogen and oxygen atoms in total. The van der Waals surface area contributed by atoms with Crippen molar-refractivity contribution in [1.29, 1.82) is 5.41 Å². The highest BCUT2D eigenvalue weighted by Gasteiger charge is 2.28. The third-order valence-corrected chi connectivity index (χ3v) is 17.6. The summed E-state index contributed by atoms with van der Waals surface area (Å²) in [4.78, 5) is 176. The largest absolute Gasteiger partial charge is 0.508 e. The molecule has 0 radical (unpaired) electrons. The SMILES string of the molecule is N=C(N)NCCC[C@@H](COC(=O)N[C@@H](CCCCN)COC(=O)N[C@@H](CCCCN)COC(=O)N[C@@H](CCCN=C(N)N)COC(=O)N[C@@H](CCCN=C(N)N)COC(=O)N[C@@H](CCC(N)=O)COC(=O)N[C@@H](CCCN=C(N)N)COC(=O)N[C@@H](CCCN=C(N)N)COC(=O)N[C@@H](CCCN=C(N)N)C(=O)O)NC(=O)OCCNC(=O)[C@@H](N)Cc1ccc(O)cc1. The summed E-state index contributed by atoms with van der Waals surface area (Å²) in [5, 5.41) is 54.9. The van der Waals surface area contributed by atoms with Crippen LogP contribution in [0.4, 0.5) is 43.2 Å². The number of phenols is 1. The number of alkyl carbamates (subject to hydrolysis) is 9. The minimum Gasteiger partial charge on any atom is -0.508 e. The van der Waals surface area contributed by atoms with Gasteiger partial charge in [-0.25, -0.2) is 47.9 Å². The van der Waals surface area contributed by atoms with Crippen molar-refractivity contribution in [3.8, 4) is 5.75 Å². The van der Waals surface area contributed by atoms with Crippen molar-refractivity contribution in [3.05, 3.63) is 29.8 Å². The van der Waals surface area contributed by atoms with Crippen LogP contribution in [0.5, 0.6) is 5.75 Å². The molecule has 0 fully saturated rings. The van der Waals surface area contributed by atoms with Gasteiger partial charge in [-0.1, -0.05) is 25.0 Å². The van der Waals surface area contributed by atoms with Crippen molar-refractivity contribution < 1.29 is 110 Å². The Bertz CT molecular complexity index is 3630. The van der Waals surface area contributed by atoms with E-state index in [-0.39, 0.29) is 210 Å². The number of amides is 11. The fourth-order valence-electron chi connectivity index (χ4n) is 11.2. The summed E-state index contributed by atoms with van der Waals surface area (Å²) >= 11 is 0. The first-order chi connectivity index (χ1) is 60.9. The van der Waals surface area contributed by atoms with Gasteiger partial charge in [0.05, 0.1) is 60.9 Å². The number of hydrogen-bond acceptors (Lipinski definition) is 31. The van der Waals surface area contributed by atoms with Crippen molar-refractivity contribution in [2.24, 2.45) is 111 Å². The topological polar surface area (TPSA) is 937 Å². The number of aromatic hydroxyl groups is 1. The van der Waals surface area contributed by atoms with Crippen LogP contribution in [0.2, 0.25) is 0 Å². The van der Waals surface area contributed by atoms with Gasteiger partial charge in [-0.15, -0.1) is 0 Å². The molecule has 0 heterocycles. The number of benzene rings is 1. The first-order valence-corrected chi connectivity index (χ1v) is 41.4. The zero-order valence-corrected chi connectivity index (χ0v) is 72.0. The summed E-state index contributed by atoms with van der Waals surface area (Å²) in [6, 6.07) is -3.74. The van der Waals surface area contributed by atoms with Crippen molar-refractivity contribution >= 4 is 108 Å². The molecule has 0 spiro atoms. The van der Waals surface area contributed by atoms with E-state index in [1.807, 2.05) is 0 Å². The van der Waals surface area contributed by atoms with Gasteiger partial charge in [0, 0.05) is 45.7 Å². The van der Waals surface area contributed by atoms with Crippen LogP contribution in [0.15, 0.2) is 49.2 Å². The Labute approximate surface area is 740 Å². The van der Waals surface area contributed by atoms with Crippen molar-refractivity contribution in [1.82, 2.24) is 58.5 Å². The van der Waals surface area contributed by atoms with Gasteiger partial charge in [-0.05, 0) is 146 Å². The lowest BCUT2D eigenvalue weighted by atomic mass is 10.1. The van der Waals surface area contributed by atoms with E-state index in [9.17, 15) is 67.7 Å². The molecule has 128 heavy (non-hydrogen) atoms. The molecule has 0 unspecified atom stereocenters. The van der Waals surface area contributed by atoms with Crippen LogP contribution < -0.4 is 144 Å². The van der Waals surface area contributed by atoms with Crippen LogP contribution in [-0.4, -0.2) is 297 Å². The van der Waals surface area contributed by atoms with Crippen LogP contribution in [0.1, 0.15) is 134 Å². The molecular weight excluding hydrogens is 1690 g/mol. The van der Waals surface area contributed by atoms with E-state index in [4.69, 9.17) is 134 Å². The number of aliphatic carboxylic acids is 1. The van der Waals surface area contributed by atoms with Crippen molar-refractivity contribution in [2.45, 2.75) is 195 Å². The van der Waals surface area contributed by atoms with Crippen LogP contribution in [-0.2, 0) is 63.4 Å². The molecule has 726 valence electrons. The lowest BCUT2D eigenvalue weighted by molar-refractivity contribution is -0.139. The Morgan fingerprint density at radius 2 is 0.617 bits per heavy atom. The smallest absolute Gasteiger partial charge is 0.407 e. The van der Waals surface area contributed by atoms with Crippen LogP contribution in [0, 0.1) is 5.41 Å². The Balaban J connectivity index is 3.20. The van der Waals surface area contributed by atoms with Crippen LogP contribution >= 0.6 is 0 Å². The first kappa shape index (κ1) is 112. The molecule has 0 saturated carbocycles. The lowest BCUT2D eigenvalue weighted by Gasteiger charge is -2.24. The molecular formula is C73H136N32O23. The number of aliphatic imine (C=N–C) groups is 5. The summed E-state index contributed by atoms with van der Waals surface area (Å²) in [5.41, 5.74) is 83.9. The molecule has 1 aromatic rings. The molecule has 0 saturated heterocycles. The number of nitrogens with zero attached hydrogens (tertiary/aromatic N) is 5. The lowest BCUT2D eigenvalue weighted by Crippen LogP contribution is -2.46. The van der Waals surface area contributed by atoms with Gasteiger partial charge in [-0.2, -0.15) is 0 Å². The summed E-state index contributed by atoms with van der Waals surface area (Å²) in [7, 11) is 0. The molecule has 0 bridgehead atoms. The number of carbonyl (C=O) groups is 12. The molecule has 55 heteroatoms. The quantitative estimate of drug-likeness (QED) is 0.0125. The number of phenolic OH excluding ortho intramolecular Hbond substituents is 1. The van der Waals surface area contributed by atoms with E-state index in [0.717, 1.165) is 0 Å². The maximum atomic E-state index is 13.6. The van der Waals surface area contributed by atoms with Gasteiger partial charge >= 0.3 is 60.8 Å². The first-order valence-electron chi connectivity index (χ1n) is 41.4. The number of nitrogens with one attached hydrogen (secondary N) is 12. The normalized spacial score (nSPS) is 13.0. The monoisotopic (exact) mass is 1830 g/mol. The minimum absolute atomic E-state index is 0.0567. The molecule has 1 aromatic carbocycles. The van der Waals surface area contributed by atoms with E-state index in [2.05, 4.69) is 83.4 Å². The zero-order chi connectivity index (χ0) is 95.4. The van der Waals surface area contributed by atoms with Crippen LogP contribution in [0.25, 0.3) is 0 Å². The van der Waals surface area contributed by atoms with Gasteiger partial charge in [0.2, 0.25) is 11.8 Å². The standard InChI is InChI=1S/C73H136N32O23/c74-25-3-1-11-45(99-67(113)123-38-47(13-5-27-91-59(78)79)97-65(111)120-34-33-90-57(108)54(76)35-44-19-22-53(106)23-20-44)36-121-66(112)98-46(12-2-4-26-75)37-122-68(114)100-48(14-6-28-92-60(80)81)39-124-69(115)101-50(16-8-30-94-62(84)85)41-126-72(118)104-52(21-24-56(77)107)43-127-71(117)102-49(15-7-29-93-61(82)83)40-125-70(116)103-51(17-9-31-95-63(86)87)42-128-73(119)105-55(58(109)110)18-10-32-96-64(88)89/h19-20,22-23,45-52,54-55,106H,1-18,21,24-43,74-76H2,(H2,77,107)(H,90,108)(H,97,111)(H,98,112)(H,99,113)(H,100,114)(H,101,115)(H,102,117)(H,103,116)(H,104,118)(H,105,119)(H,109,110)(H4,78,79,91)(H4,80,81,92)(H4,82,83,93)(H4,84,85,94)(H4,86,87,95)(H4,88,89,96)/t45-,46-,47-,48-,49-,50-,51-,52-,54-,55-/m0/s1. The van der Waals surface area contributed by atoms with E-state index in [1.165, 1.54) is 12.1 Å². The highest BCUT2D eigenvalue weighted by molar-refractivity contribution is 5.83. The molecule has 0 aliphatic rings. The summed E-state index contributed by atoms with van der Waals surface area (Å²) in [6.45, 7) is -2.88. The van der Waals surface area contributed by atoms with E-state index in [1.54, 1.807) is 12.1 Å². The third-order valence-electron chi connectivity index (χ3n) is 17.6. The average molecular weight is 1830 g/mol. The highest BCUT2D eigenvalue weighted by atomic mass is 16.6. The summed E-state index contributed by atoms with van der Waals surface area (Å²) in [6.07, 6.45) is -5.18. The predicted octanol–water partition coefficient (Wildman–Crippen LogP) is -5.63. The van der Waals surface area contributed by atoms with Gasteiger partial charge in [-0.3, -0.25) is 40.0 Å². The van der Waals surface area contributed by atoms with Gasteiger partial charge in [0.15, 0.2) is 35.8 Å². The highest BCUT2D eigenvalue weighted by Crippen LogP contribution is 2.14. The zero-order valence-electron chi connectivity index (χ0n) is 72.0. The van der Waals surface area contributed by atoms with Crippen molar-refractivity contribution in [2.75, 3.05) is 118 Å². The fraction of sp³-hybridized carbons (Fsp3) is 0.671. The second-order valence-electron chi connectivity index (χ2n) is 28.8. The molecule has 0 aromatic heterocycles. The number of primary amides is 1. The number of unbranched alkanes of at least 4 members (excludes halogenated alkanes) is 2. The fourth-order valence-corrected chi connectivity index (χ4v) is 11.2.